The summed E-state index contributed by atoms with van der Waals surface area (Å²) in [5, 5.41) is 0. The van der Waals surface area contributed by atoms with E-state index >= 15 is 0 Å². The average molecular weight is 237 g/mol. The van der Waals surface area contributed by atoms with Crippen LogP contribution in [0, 0.1) is 11.6 Å². The number of benzene rings is 1. The van der Waals surface area contributed by atoms with Gasteiger partial charge >= 0.3 is 0 Å². The van der Waals surface area contributed by atoms with E-state index in [1.807, 2.05) is 0 Å². The number of H-pyrrole nitrogens is 1. The van der Waals surface area contributed by atoms with Crippen molar-refractivity contribution in [3.05, 3.63) is 41.9 Å². The van der Waals surface area contributed by atoms with E-state index < -0.39 is 11.6 Å². The van der Waals surface area contributed by atoms with Crippen LogP contribution in [0.2, 0.25) is 0 Å². The second kappa shape index (κ2) is 5.05. The zero-order chi connectivity index (χ0) is 12.3. The van der Waals surface area contributed by atoms with Crippen molar-refractivity contribution in [2.45, 2.75) is 12.8 Å². The lowest BCUT2D eigenvalue weighted by atomic mass is 10.1. The number of halogens is 2. The Kier molecular flexibility index (Phi) is 3.49. The van der Waals surface area contributed by atoms with Crippen LogP contribution in [0.5, 0.6) is 0 Å². The van der Waals surface area contributed by atoms with Crippen LogP contribution in [-0.2, 0) is 6.42 Å². The third-order valence-electron chi connectivity index (χ3n) is 2.49. The summed E-state index contributed by atoms with van der Waals surface area (Å²) in [6.45, 7) is 0.574. The van der Waals surface area contributed by atoms with E-state index in [0.29, 0.717) is 18.7 Å². The number of hydrogen-bond acceptors (Lipinski definition) is 2. The second-order valence-electron chi connectivity index (χ2n) is 3.74. The van der Waals surface area contributed by atoms with Crippen LogP contribution in [0.25, 0.3) is 11.3 Å². The molecule has 3 N–H and O–H groups in total. The van der Waals surface area contributed by atoms with E-state index in [9.17, 15) is 8.78 Å². The van der Waals surface area contributed by atoms with Crippen molar-refractivity contribution in [2.75, 3.05) is 6.54 Å². The Morgan fingerprint density at radius 1 is 1.29 bits per heavy atom. The number of nitrogens with zero attached hydrogens (tertiary/aromatic N) is 1. The van der Waals surface area contributed by atoms with Gasteiger partial charge in [0.2, 0.25) is 0 Å². The number of nitrogens with one attached hydrogen (secondary N) is 1. The van der Waals surface area contributed by atoms with Crippen molar-refractivity contribution >= 4 is 0 Å². The molecule has 2 rings (SSSR count). The standard InChI is InChI=1S/C12H13F2N3/c13-9-4-1-3-8(12(9)14)10-7-16-11(17-10)5-2-6-15/h1,3-4,7H,2,5-6,15H2,(H,16,17). The predicted molar refractivity (Wildman–Crippen MR) is 61.3 cm³/mol. The smallest absolute Gasteiger partial charge is 0.168 e. The van der Waals surface area contributed by atoms with Gasteiger partial charge in [-0.1, -0.05) is 6.07 Å². The van der Waals surface area contributed by atoms with Crippen molar-refractivity contribution < 1.29 is 8.78 Å². The van der Waals surface area contributed by atoms with Gasteiger partial charge in [-0.3, -0.25) is 0 Å². The van der Waals surface area contributed by atoms with E-state index in [1.54, 1.807) is 0 Å². The van der Waals surface area contributed by atoms with Gasteiger partial charge in [0.1, 0.15) is 5.82 Å². The van der Waals surface area contributed by atoms with Crippen LogP contribution in [0.1, 0.15) is 12.2 Å². The van der Waals surface area contributed by atoms with Gasteiger partial charge in [-0.05, 0) is 25.1 Å². The number of rotatable bonds is 4. The highest BCUT2D eigenvalue weighted by Gasteiger charge is 2.11. The van der Waals surface area contributed by atoms with Crippen molar-refractivity contribution in [2.24, 2.45) is 5.73 Å². The molecule has 0 saturated carbocycles. The minimum absolute atomic E-state index is 0.191. The first kappa shape index (κ1) is 11.7. The molecule has 0 radical (unpaired) electrons. The molecule has 0 amide bonds. The molecular weight excluding hydrogens is 224 g/mol. The van der Waals surface area contributed by atoms with Gasteiger partial charge in [-0.25, -0.2) is 13.8 Å². The average Bonchev–Trinajstić information content (AvgIpc) is 2.78. The van der Waals surface area contributed by atoms with Gasteiger partial charge in [0.25, 0.3) is 0 Å². The maximum atomic E-state index is 13.5. The van der Waals surface area contributed by atoms with Crippen molar-refractivity contribution in [1.29, 1.82) is 0 Å². The van der Waals surface area contributed by atoms with Gasteiger partial charge in [-0.2, -0.15) is 0 Å². The van der Waals surface area contributed by atoms with Crippen LogP contribution in [-0.4, -0.2) is 16.5 Å². The number of aromatic nitrogens is 2. The number of aryl methyl sites for hydroxylation is 1. The third-order valence-corrected chi connectivity index (χ3v) is 2.49. The van der Waals surface area contributed by atoms with Crippen molar-refractivity contribution in [1.82, 2.24) is 9.97 Å². The van der Waals surface area contributed by atoms with Crippen molar-refractivity contribution in [3.63, 3.8) is 0 Å². The monoisotopic (exact) mass is 237 g/mol. The predicted octanol–water partition coefficient (Wildman–Crippen LogP) is 2.25. The molecule has 17 heavy (non-hydrogen) atoms. The van der Waals surface area contributed by atoms with E-state index in [2.05, 4.69) is 9.97 Å². The molecule has 0 spiro atoms. The fourth-order valence-corrected chi connectivity index (χ4v) is 1.61. The van der Waals surface area contributed by atoms with Gasteiger partial charge in [-0.15, -0.1) is 0 Å². The van der Waals surface area contributed by atoms with Crippen LogP contribution in [0.15, 0.2) is 24.4 Å². The molecule has 0 atom stereocenters. The Bertz CT molecular complexity index is 508. The van der Waals surface area contributed by atoms with E-state index in [1.165, 1.54) is 18.3 Å². The molecule has 3 nitrogen and oxygen atoms in total. The lowest BCUT2D eigenvalue weighted by molar-refractivity contribution is 0.511. The SMILES string of the molecule is NCCCc1ncc(-c2cccc(F)c2F)[nH]1. The molecule has 0 unspecified atom stereocenters. The Labute approximate surface area is 97.7 Å². The zero-order valence-corrected chi connectivity index (χ0v) is 9.21. The fraction of sp³-hybridized carbons (Fsp3) is 0.250. The summed E-state index contributed by atoms with van der Waals surface area (Å²) in [6.07, 6.45) is 3.01. The summed E-state index contributed by atoms with van der Waals surface area (Å²) in [6, 6.07) is 4.07. The Balaban J connectivity index is 2.27. The van der Waals surface area contributed by atoms with E-state index in [-0.39, 0.29) is 5.56 Å². The summed E-state index contributed by atoms with van der Waals surface area (Å²) in [5.74, 6) is -0.990. The highest BCUT2D eigenvalue weighted by molar-refractivity contribution is 5.59. The molecule has 0 saturated heterocycles. The molecule has 0 aliphatic rings. The Morgan fingerprint density at radius 3 is 2.88 bits per heavy atom. The maximum absolute atomic E-state index is 13.5. The summed E-state index contributed by atoms with van der Waals surface area (Å²) in [4.78, 5) is 7.06. The molecule has 1 aromatic heterocycles. The largest absolute Gasteiger partial charge is 0.342 e. The molecule has 5 heteroatoms. The van der Waals surface area contributed by atoms with E-state index in [4.69, 9.17) is 5.73 Å². The molecule has 90 valence electrons. The zero-order valence-electron chi connectivity index (χ0n) is 9.21. The van der Waals surface area contributed by atoms with Crippen molar-refractivity contribution in [3.8, 4) is 11.3 Å². The first-order valence-electron chi connectivity index (χ1n) is 5.40. The van der Waals surface area contributed by atoms with Crippen LogP contribution in [0.4, 0.5) is 8.78 Å². The third kappa shape index (κ3) is 2.50. The maximum Gasteiger partial charge on any atom is 0.168 e. The number of aromatic amines is 1. The molecule has 0 fully saturated rings. The number of imidazole rings is 1. The topological polar surface area (TPSA) is 54.7 Å². The first-order valence-corrected chi connectivity index (χ1v) is 5.40. The normalized spacial score (nSPS) is 10.8. The molecule has 2 aromatic rings. The molecule has 1 aromatic carbocycles. The molecule has 0 aliphatic heterocycles. The Hall–Kier alpha value is -1.75. The molecular formula is C12H13F2N3. The van der Waals surface area contributed by atoms with Gasteiger partial charge in [0.05, 0.1) is 11.9 Å². The minimum atomic E-state index is -0.861. The highest BCUT2D eigenvalue weighted by atomic mass is 19.2. The van der Waals surface area contributed by atoms with Gasteiger partial charge in [0, 0.05) is 12.0 Å². The molecule has 0 aliphatic carbocycles. The fourth-order valence-electron chi connectivity index (χ4n) is 1.61. The van der Waals surface area contributed by atoms with E-state index in [0.717, 1.165) is 18.3 Å². The highest BCUT2D eigenvalue weighted by Crippen LogP contribution is 2.22. The van der Waals surface area contributed by atoms with Crippen LogP contribution in [0.3, 0.4) is 0 Å². The lowest BCUT2D eigenvalue weighted by Crippen LogP contribution is -2.01. The summed E-state index contributed by atoms with van der Waals surface area (Å²) >= 11 is 0. The molecule has 1 heterocycles. The summed E-state index contributed by atoms with van der Waals surface area (Å²) in [5.41, 5.74) is 6.06. The van der Waals surface area contributed by atoms with Gasteiger partial charge < -0.3 is 10.7 Å². The lowest BCUT2D eigenvalue weighted by Gasteiger charge is -2.00. The number of nitrogens with two attached hydrogens (primary N) is 1. The Morgan fingerprint density at radius 2 is 2.12 bits per heavy atom. The summed E-state index contributed by atoms with van der Waals surface area (Å²) < 4.78 is 26.6. The summed E-state index contributed by atoms with van der Waals surface area (Å²) in [7, 11) is 0. The minimum Gasteiger partial charge on any atom is -0.342 e. The molecule has 0 bridgehead atoms. The van der Waals surface area contributed by atoms with Gasteiger partial charge in [0.15, 0.2) is 11.6 Å². The van der Waals surface area contributed by atoms with Crippen LogP contribution < -0.4 is 5.73 Å². The van der Waals surface area contributed by atoms with Crippen LogP contribution >= 0.6 is 0 Å². The second-order valence-corrected chi connectivity index (χ2v) is 3.74. The first-order chi connectivity index (χ1) is 8.22. The quantitative estimate of drug-likeness (QED) is 0.856. The number of hydrogen-bond donors (Lipinski definition) is 2.